The molecule has 3 aromatic rings. The number of fused-ring (bicyclic) bond motifs is 1. The molecule has 0 radical (unpaired) electrons. The number of benzene rings is 1. The number of hydrogen-bond acceptors (Lipinski definition) is 5. The lowest BCUT2D eigenvalue weighted by Crippen LogP contribution is -2.39. The first-order valence-electron chi connectivity index (χ1n) is 11.6. The fraction of sp³-hybridized carbons (Fsp3) is 0.462. The van der Waals surface area contributed by atoms with E-state index in [0.717, 1.165) is 65.8 Å². The van der Waals surface area contributed by atoms with Gasteiger partial charge in [-0.3, -0.25) is 0 Å². The van der Waals surface area contributed by atoms with E-state index < -0.39 is 0 Å². The standard InChI is InChI=1S/C26H28N4O2/c1-2-26-27-9-10-30(26)13-21-11-25(32-28-21)20-6-3-18(4-7-20)5-8-22-23-14-29(15-24(22)23)12-19-16-31-17-19/h3-4,6-7,9-11,19,22-24H,2,12-17H2,1H3. The van der Waals surface area contributed by atoms with Crippen molar-refractivity contribution < 1.29 is 9.26 Å². The van der Waals surface area contributed by atoms with Crippen molar-refractivity contribution in [2.24, 2.45) is 23.7 Å². The summed E-state index contributed by atoms with van der Waals surface area (Å²) in [7, 11) is 0. The number of hydrogen-bond donors (Lipinski definition) is 0. The molecule has 4 heterocycles. The minimum Gasteiger partial charge on any atom is -0.381 e. The molecule has 164 valence electrons. The van der Waals surface area contributed by atoms with E-state index in [2.05, 4.69) is 62.6 Å². The van der Waals surface area contributed by atoms with Crippen LogP contribution in [-0.4, -0.2) is 52.5 Å². The molecule has 3 fully saturated rings. The zero-order chi connectivity index (χ0) is 21.5. The molecular weight excluding hydrogens is 400 g/mol. The summed E-state index contributed by atoms with van der Waals surface area (Å²) < 4.78 is 13.0. The molecule has 6 nitrogen and oxygen atoms in total. The molecule has 2 aliphatic heterocycles. The predicted octanol–water partition coefficient (Wildman–Crippen LogP) is 3.32. The van der Waals surface area contributed by atoms with E-state index in [9.17, 15) is 0 Å². The largest absolute Gasteiger partial charge is 0.381 e. The number of rotatable bonds is 6. The van der Waals surface area contributed by atoms with Crippen molar-refractivity contribution in [2.45, 2.75) is 19.9 Å². The van der Waals surface area contributed by atoms with Gasteiger partial charge in [0.2, 0.25) is 0 Å². The number of likely N-dealkylation sites (tertiary alicyclic amines) is 1. The number of piperidine rings is 1. The van der Waals surface area contributed by atoms with Crippen LogP contribution in [0.4, 0.5) is 0 Å². The van der Waals surface area contributed by atoms with E-state index in [1.165, 1.54) is 19.6 Å². The van der Waals surface area contributed by atoms with Crippen LogP contribution in [0.25, 0.3) is 11.3 Å². The number of ether oxygens (including phenoxy) is 1. The normalized spacial score (nSPS) is 24.6. The van der Waals surface area contributed by atoms with Gasteiger partial charge in [0.25, 0.3) is 0 Å². The molecule has 6 rings (SSSR count). The Morgan fingerprint density at radius 2 is 1.94 bits per heavy atom. The van der Waals surface area contributed by atoms with Crippen LogP contribution in [0.1, 0.15) is 24.0 Å². The summed E-state index contributed by atoms with van der Waals surface area (Å²) in [4.78, 5) is 6.97. The number of imidazole rings is 1. The Balaban J connectivity index is 1.05. The van der Waals surface area contributed by atoms with Crippen molar-refractivity contribution >= 4 is 0 Å². The molecular formula is C26H28N4O2. The summed E-state index contributed by atoms with van der Waals surface area (Å²) >= 11 is 0. The molecule has 2 aromatic heterocycles. The molecule has 0 N–H and O–H groups in total. The fourth-order valence-corrected chi connectivity index (χ4v) is 5.11. The van der Waals surface area contributed by atoms with Gasteiger partial charge >= 0.3 is 0 Å². The first kappa shape index (κ1) is 19.8. The molecule has 0 bridgehead atoms. The topological polar surface area (TPSA) is 56.3 Å². The first-order valence-corrected chi connectivity index (χ1v) is 11.6. The molecule has 1 saturated carbocycles. The van der Waals surface area contributed by atoms with Gasteiger partial charge in [-0.2, -0.15) is 0 Å². The maximum atomic E-state index is 5.59. The third-order valence-corrected chi connectivity index (χ3v) is 7.05. The Bertz CT molecular complexity index is 1140. The van der Waals surface area contributed by atoms with Gasteiger partial charge in [0.1, 0.15) is 11.5 Å². The van der Waals surface area contributed by atoms with E-state index in [4.69, 9.17) is 9.26 Å². The van der Waals surface area contributed by atoms with Crippen LogP contribution in [0, 0.1) is 35.5 Å². The second-order valence-corrected chi connectivity index (χ2v) is 9.33. The highest BCUT2D eigenvalue weighted by Crippen LogP contribution is 2.51. The average Bonchev–Trinajstić information content (AvgIpc) is 3.26. The van der Waals surface area contributed by atoms with E-state index in [1.54, 1.807) is 0 Å². The van der Waals surface area contributed by atoms with Gasteiger partial charge < -0.3 is 18.7 Å². The van der Waals surface area contributed by atoms with Crippen molar-refractivity contribution in [3.63, 3.8) is 0 Å². The van der Waals surface area contributed by atoms with Gasteiger partial charge in [-0.1, -0.05) is 23.9 Å². The molecule has 32 heavy (non-hydrogen) atoms. The summed E-state index contributed by atoms with van der Waals surface area (Å²) in [6, 6.07) is 10.3. The second-order valence-electron chi connectivity index (χ2n) is 9.33. The zero-order valence-corrected chi connectivity index (χ0v) is 18.4. The van der Waals surface area contributed by atoms with Crippen molar-refractivity contribution in [2.75, 3.05) is 32.8 Å². The van der Waals surface area contributed by atoms with Gasteiger partial charge in [-0.25, -0.2) is 4.98 Å². The maximum absolute atomic E-state index is 5.59. The maximum Gasteiger partial charge on any atom is 0.167 e. The Morgan fingerprint density at radius 1 is 1.12 bits per heavy atom. The lowest BCUT2D eigenvalue weighted by atomic mass is 10.1. The van der Waals surface area contributed by atoms with E-state index >= 15 is 0 Å². The smallest absolute Gasteiger partial charge is 0.167 e. The van der Waals surface area contributed by atoms with E-state index in [-0.39, 0.29) is 0 Å². The van der Waals surface area contributed by atoms with Crippen molar-refractivity contribution in [1.82, 2.24) is 19.6 Å². The summed E-state index contributed by atoms with van der Waals surface area (Å²) in [5.74, 6) is 11.7. The molecule has 1 aromatic carbocycles. The van der Waals surface area contributed by atoms with Crippen molar-refractivity contribution in [1.29, 1.82) is 0 Å². The van der Waals surface area contributed by atoms with Gasteiger partial charge in [-0.15, -0.1) is 0 Å². The highest BCUT2D eigenvalue weighted by atomic mass is 16.5. The minimum absolute atomic E-state index is 0.580. The number of aromatic nitrogens is 3. The van der Waals surface area contributed by atoms with Gasteiger partial charge in [0.15, 0.2) is 5.76 Å². The second kappa shape index (κ2) is 8.23. The highest BCUT2D eigenvalue weighted by Gasteiger charge is 2.55. The SMILES string of the molecule is CCc1nccn1Cc1cc(-c2ccc(C#CC3C4CN(CC5COC5)CC34)cc2)on1. The summed E-state index contributed by atoms with van der Waals surface area (Å²) in [5.41, 5.74) is 2.98. The third-order valence-electron chi connectivity index (χ3n) is 7.05. The first-order chi connectivity index (χ1) is 15.8. The minimum atomic E-state index is 0.580. The molecule has 0 spiro atoms. The molecule has 2 unspecified atom stereocenters. The lowest BCUT2D eigenvalue weighted by Gasteiger charge is -2.31. The third kappa shape index (κ3) is 3.87. The van der Waals surface area contributed by atoms with Crippen LogP contribution in [0.15, 0.2) is 47.2 Å². The van der Waals surface area contributed by atoms with Crippen LogP contribution in [0.5, 0.6) is 0 Å². The van der Waals surface area contributed by atoms with Gasteiger partial charge in [-0.05, 0) is 36.1 Å². The monoisotopic (exact) mass is 428 g/mol. The van der Waals surface area contributed by atoms with Gasteiger partial charge in [0.05, 0.1) is 19.8 Å². The molecule has 2 saturated heterocycles. The Morgan fingerprint density at radius 3 is 2.66 bits per heavy atom. The number of nitrogens with zero attached hydrogens (tertiary/aromatic N) is 4. The molecule has 6 heteroatoms. The summed E-state index contributed by atoms with van der Waals surface area (Å²) in [6.45, 7) is 8.31. The molecule has 2 atom stereocenters. The summed E-state index contributed by atoms with van der Waals surface area (Å²) in [6.07, 6.45) is 4.71. The average molecular weight is 429 g/mol. The van der Waals surface area contributed by atoms with Crippen LogP contribution < -0.4 is 0 Å². The highest BCUT2D eigenvalue weighted by molar-refractivity contribution is 5.59. The Kier molecular flexibility index (Phi) is 5.09. The van der Waals surface area contributed by atoms with Crippen LogP contribution in [0.2, 0.25) is 0 Å². The quantitative estimate of drug-likeness (QED) is 0.564. The predicted molar refractivity (Wildman–Crippen MR) is 121 cm³/mol. The van der Waals surface area contributed by atoms with E-state index in [0.29, 0.717) is 12.5 Å². The fourth-order valence-electron chi connectivity index (χ4n) is 5.11. The van der Waals surface area contributed by atoms with Crippen LogP contribution >= 0.6 is 0 Å². The van der Waals surface area contributed by atoms with Gasteiger partial charge in [0, 0.05) is 67.5 Å². The van der Waals surface area contributed by atoms with Crippen LogP contribution in [-0.2, 0) is 17.7 Å². The van der Waals surface area contributed by atoms with Crippen LogP contribution in [0.3, 0.4) is 0 Å². The Hall–Kier alpha value is -2.88. The molecule has 1 aliphatic carbocycles. The summed E-state index contributed by atoms with van der Waals surface area (Å²) in [5, 5.41) is 4.24. The lowest BCUT2D eigenvalue weighted by molar-refractivity contribution is -0.0453. The van der Waals surface area contributed by atoms with E-state index in [1.807, 2.05) is 18.5 Å². The zero-order valence-electron chi connectivity index (χ0n) is 18.4. The Labute approximate surface area is 188 Å². The number of aryl methyl sites for hydroxylation is 1. The van der Waals surface area contributed by atoms with Crippen molar-refractivity contribution in [3.05, 3.63) is 59.8 Å². The van der Waals surface area contributed by atoms with Crippen molar-refractivity contribution in [3.8, 4) is 23.2 Å². The molecule has 0 amide bonds. The molecule has 3 aliphatic rings.